The molecule has 1 aromatic heterocycles. The average Bonchev–Trinajstić information content (AvgIpc) is 3.33. The molecule has 0 aliphatic carbocycles. The number of thiazole rings is 1. The molecule has 1 atom stereocenters. The summed E-state index contributed by atoms with van der Waals surface area (Å²) >= 11 is 1.27. The molecule has 0 bridgehead atoms. The molecule has 0 unspecified atom stereocenters. The summed E-state index contributed by atoms with van der Waals surface area (Å²) in [5.41, 5.74) is 1.56. The molecule has 1 aliphatic heterocycles. The van der Waals surface area contributed by atoms with E-state index in [1.54, 1.807) is 30.3 Å². The van der Waals surface area contributed by atoms with Crippen LogP contribution in [0.1, 0.15) is 17.2 Å². The molecule has 1 fully saturated rings. The van der Waals surface area contributed by atoms with E-state index in [9.17, 15) is 19.1 Å². The van der Waals surface area contributed by atoms with E-state index in [0.29, 0.717) is 21.8 Å². The molecule has 0 radical (unpaired) electrons. The maximum Gasteiger partial charge on any atom is 0.301 e. The van der Waals surface area contributed by atoms with Crippen LogP contribution in [0.5, 0.6) is 0 Å². The monoisotopic (exact) mass is 430 g/mol. The zero-order chi connectivity index (χ0) is 21.5. The lowest BCUT2D eigenvalue weighted by molar-refractivity contribution is -0.132. The fourth-order valence-electron chi connectivity index (χ4n) is 3.70. The second-order valence-electron chi connectivity index (χ2n) is 7.05. The standard InChI is InChI=1S/C24H15FN2O3S/c25-16-12-10-14(11-13-16)20-19(21(28)15-6-2-1-3-7-15)22(29)23(30)27(20)24-26-17-8-4-5-9-18(17)31-24/h1-13,20,28H/t20-/m1/s1. The van der Waals surface area contributed by atoms with Gasteiger partial charge in [-0.25, -0.2) is 9.37 Å². The Labute approximate surface area is 180 Å². The molecule has 1 amide bonds. The van der Waals surface area contributed by atoms with Gasteiger partial charge in [0, 0.05) is 5.56 Å². The van der Waals surface area contributed by atoms with E-state index in [-0.39, 0.29) is 11.3 Å². The third-order valence-corrected chi connectivity index (χ3v) is 6.20. The van der Waals surface area contributed by atoms with Crippen LogP contribution in [0.2, 0.25) is 0 Å². The second-order valence-corrected chi connectivity index (χ2v) is 8.06. The van der Waals surface area contributed by atoms with E-state index >= 15 is 0 Å². The van der Waals surface area contributed by atoms with Crippen LogP contribution in [-0.2, 0) is 9.59 Å². The Balaban J connectivity index is 1.74. The van der Waals surface area contributed by atoms with Gasteiger partial charge in [-0.2, -0.15) is 0 Å². The van der Waals surface area contributed by atoms with Crippen LogP contribution in [0, 0.1) is 5.82 Å². The lowest BCUT2D eigenvalue weighted by Gasteiger charge is -2.22. The van der Waals surface area contributed by atoms with Crippen molar-refractivity contribution in [3.8, 4) is 0 Å². The van der Waals surface area contributed by atoms with Crippen molar-refractivity contribution in [2.75, 3.05) is 4.90 Å². The Morgan fingerprint density at radius 1 is 0.935 bits per heavy atom. The van der Waals surface area contributed by atoms with Crippen LogP contribution in [0.15, 0.2) is 84.4 Å². The Bertz CT molecular complexity index is 1310. The number of rotatable bonds is 3. The Morgan fingerprint density at radius 2 is 1.61 bits per heavy atom. The van der Waals surface area contributed by atoms with Gasteiger partial charge in [-0.05, 0) is 29.8 Å². The number of anilines is 1. The normalized spacial score (nSPS) is 18.1. The van der Waals surface area contributed by atoms with E-state index < -0.39 is 23.5 Å². The fraction of sp³-hybridized carbons (Fsp3) is 0.0417. The van der Waals surface area contributed by atoms with Crippen LogP contribution >= 0.6 is 11.3 Å². The molecule has 0 spiro atoms. The molecular formula is C24H15FN2O3S. The fourth-order valence-corrected chi connectivity index (χ4v) is 4.70. The largest absolute Gasteiger partial charge is 0.507 e. The SMILES string of the molecule is O=C1C(=O)N(c2nc3ccccc3s2)[C@H](c2ccc(F)cc2)C1=C(O)c1ccccc1. The number of benzene rings is 3. The third kappa shape index (κ3) is 3.19. The number of carbonyl (C=O) groups is 2. The van der Waals surface area contributed by atoms with Crippen molar-refractivity contribution in [3.05, 3.63) is 101 Å². The summed E-state index contributed by atoms with van der Waals surface area (Å²) in [6.45, 7) is 0. The number of Topliss-reactive ketones (excluding diaryl/α,β-unsaturated/α-hetero) is 1. The number of amides is 1. The lowest BCUT2D eigenvalue weighted by atomic mass is 9.95. The summed E-state index contributed by atoms with van der Waals surface area (Å²) in [7, 11) is 0. The van der Waals surface area contributed by atoms with Crippen molar-refractivity contribution in [2.24, 2.45) is 0 Å². The number of hydrogen-bond donors (Lipinski definition) is 1. The minimum atomic E-state index is -0.929. The van der Waals surface area contributed by atoms with Crippen molar-refractivity contribution in [3.63, 3.8) is 0 Å². The first kappa shape index (κ1) is 19.1. The number of aromatic nitrogens is 1. The average molecular weight is 430 g/mol. The Kier molecular flexibility index (Phi) is 4.60. The Morgan fingerprint density at radius 3 is 2.32 bits per heavy atom. The van der Waals surface area contributed by atoms with Gasteiger partial charge in [-0.15, -0.1) is 0 Å². The van der Waals surface area contributed by atoms with Crippen LogP contribution in [-0.4, -0.2) is 21.8 Å². The van der Waals surface area contributed by atoms with Crippen molar-refractivity contribution in [1.82, 2.24) is 4.98 Å². The number of para-hydroxylation sites is 1. The molecule has 152 valence electrons. The highest BCUT2D eigenvalue weighted by atomic mass is 32.1. The predicted octanol–water partition coefficient (Wildman–Crippen LogP) is 5.06. The Hall–Kier alpha value is -3.84. The minimum absolute atomic E-state index is 0.0536. The van der Waals surface area contributed by atoms with Crippen LogP contribution in [0.4, 0.5) is 9.52 Å². The highest BCUT2D eigenvalue weighted by Gasteiger charge is 2.48. The summed E-state index contributed by atoms with van der Waals surface area (Å²) < 4.78 is 14.4. The molecule has 5 nitrogen and oxygen atoms in total. The molecule has 1 N–H and O–H groups in total. The first-order valence-electron chi connectivity index (χ1n) is 9.52. The maximum absolute atomic E-state index is 13.6. The van der Waals surface area contributed by atoms with Gasteiger partial charge >= 0.3 is 5.91 Å². The van der Waals surface area contributed by atoms with Gasteiger partial charge in [0.15, 0.2) is 5.13 Å². The van der Waals surface area contributed by atoms with Crippen LogP contribution < -0.4 is 4.90 Å². The zero-order valence-electron chi connectivity index (χ0n) is 16.0. The molecule has 7 heteroatoms. The van der Waals surface area contributed by atoms with Gasteiger partial charge in [-0.3, -0.25) is 14.5 Å². The highest BCUT2D eigenvalue weighted by molar-refractivity contribution is 7.22. The topological polar surface area (TPSA) is 70.5 Å². The van der Waals surface area contributed by atoms with Gasteiger partial charge < -0.3 is 5.11 Å². The lowest BCUT2D eigenvalue weighted by Crippen LogP contribution is -2.29. The number of ketones is 1. The maximum atomic E-state index is 13.6. The summed E-state index contributed by atoms with van der Waals surface area (Å²) in [6, 6.07) is 20.6. The van der Waals surface area contributed by atoms with Gasteiger partial charge in [0.05, 0.1) is 21.8 Å². The molecule has 2 heterocycles. The smallest absolute Gasteiger partial charge is 0.301 e. The van der Waals surface area contributed by atoms with Gasteiger partial charge in [-0.1, -0.05) is 65.9 Å². The van der Waals surface area contributed by atoms with Gasteiger partial charge in [0.1, 0.15) is 11.6 Å². The molecule has 31 heavy (non-hydrogen) atoms. The number of carbonyl (C=O) groups excluding carboxylic acids is 2. The van der Waals surface area contributed by atoms with Gasteiger partial charge in [0.25, 0.3) is 5.78 Å². The van der Waals surface area contributed by atoms with E-state index in [4.69, 9.17) is 0 Å². The number of aliphatic hydroxyl groups excluding tert-OH is 1. The number of aliphatic hydroxyl groups is 1. The highest BCUT2D eigenvalue weighted by Crippen LogP contribution is 2.44. The summed E-state index contributed by atoms with van der Waals surface area (Å²) in [4.78, 5) is 32.0. The van der Waals surface area contributed by atoms with Crippen molar-refractivity contribution in [2.45, 2.75) is 6.04 Å². The van der Waals surface area contributed by atoms with Crippen LogP contribution in [0.25, 0.3) is 16.0 Å². The third-order valence-electron chi connectivity index (χ3n) is 5.17. The zero-order valence-corrected chi connectivity index (χ0v) is 16.8. The summed E-state index contributed by atoms with van der Waals surface area (Å²) in [5, 5.41) is 11.3. The van der Waals surface area contributed by atoms with Crippen molar-refractivity contribution < 1.29 is 19.1 Å². The molecule has 0 saturated carbocycles. The van der Waals surface area contributed by atoms with Crippen molar-refractivity contribution in [1.29, 1.82) is 0 Å². The van der Waals surface area contributed by atoms with Crippen molar-refractivity contribution >= 4 is 44.1 Å². The molecule has 1 saturated heterocycles. The van der Waals surface area contributed by atoms with E-state index in [1.165, 1.54) is 40.5 Å². The molecule has 5 rings (SSSR count). The minimum Gasteiger partial charge on any atom is -0.507 e. The molecule has 1 aliphatic rings. The number of halogens is 1. The first-order valence-corrected chi connectivity index (χ1v) is 10.3. The first-order chi connectivity index (χ1) is 15.0. The number of fused-ring (bicyclic) bond motifs is 1. The van der Waals surface area contributed by atoms with E-state index in [2.05, 4.69) is 4.98 Å². The van der Waals surface area contributed by atoms with Crippen LogP contribution in [0.3, 0.4) is 0 Å². The number of nitrogens with zero attached hydrogens (tertiary/aromatic N) is 2. The molecule has 4 aromatic rings. The predicted molar refractivity (Wildman–Crippen MR) is 117 cm³/mol. The quantitative estimate of drug-likeness (QED) is 0.280. The van der Waals surface area contributed by atoms with E-state index in [0.717, 1.165) is 4.70 Å². The number of hydrogen-bond acceptors (Lipinski definition) is 5. The molecular weight excluding hydrogens is 415 g/mol. The summed E-state index contributed by atoms with van der Waals surface area (Å²) in [5.74, 6) is -2.32. The molecule has 3 aromatic carbocycles. The van der Waals surface area contributed by atoms with Gasteiger partial charge in [0.2, 0.25) is 0 Å². The van der Waals surface area contributed by atoms with E-state index in [1.807, 2.05) is 24.3 Å². The summed E-state index contributed by atoms with van der Waals surface area (Å²) in [6.07, 6.45) is 0. The second kappa shape index (κ2) is 7.45.